The third-order valence-electron chi connectivity index (χ3n) is 11.7. The third-order valence-corrected chi connectivity index (χ3v) is 11.7. The highest BCUT2D eigenvalue weighted by atomic mass is 16.7. The molecular weight excluding hydrogens is 460 g/mol. The molecule has 2 saturated heterocycles. The van der Waals surface area contributed by atoms with Gasteiger partial charge in [0.05, 0.1) is 18.3 Å². The Morgan fingerprint density at radius 3 is 2.44 bits per heavy atom. The quantitative estimate of drug-likeness (QED) is 0.392. The summed E-state index contributed by atoms with van der Waals surface area (Å²) in [6.07, 6.45) is 6.05. The summed E-state index contributed by atoms with van der Waals surface area (Å²) in [6, 6.07) is 0. The molecule has 7 heteroatoms. The Morgan fingerprint density at radius 1 is 1.03 bits per heavy atom. The molecule has 0 aromatic heterocycles. The molecule has 2 saturated carbocycles. The van der Waals surface area contributed by atoms with E-state index in [9.17, 15) is 25.5 Å². The molecule has 6 aliphatic rings. The average Bonchev–Trinajstić information content (AvgIpc) is 3.31. The van der Waals surface area contributed by atoms with Gasteiger partial charge in [0.2, 0.25) is 0 Å². The molecular formula is C29H44O7. The van der Waals surface area contributed by atoms with E-state index in [-0.39, 0.29) is 34.7 Å². The molecule has 0 amide bonds. The van der Waals surface area contributed by atoms with Gasteiger partial charge in [0, 0.05) is 11.8 Å². The number of allylic oxidation sites excluding steroid dienone is 4. The Bertz CT molecular complexity index is 988. The number of aliphatic hydroxyl groups is 5. The summed E-state index contributed by atoms with van der Waals surface area (Å²) >= 11 is 0. The summed E-state index contributed by atoms with van der Waals surface area (Å²) in [5, 5.41) is 55.6. The van der Waals surface area contributed by atoms with Crippen molar-refractivity contribution in [1.29, 1.82) is 0 Å². The van der Waals surface area contributed by atoms with Crippen LogP contribution in [0.1, 0.15) is 73.1 Å². The predicted molar refractivity (Wildman–Crippen MR) is 132 cm³/mol. The van der Waals surface area contributed by atoms with E-state index < -0.39 is 41.9 Å². The lowest BCUT2D eigenvalue weighted by Crippen LogP contribution is -2.58. The number of hydrogen-bond acceptors (Lipinski definition) is 7. The lowest BCUT2D eigenvalue weighted by molar-refractivity contribution is -0.296. The summed E-state index contributed by atoms with van der Waals surface area (Å²) in [6.45, 7) is 9.66. The maximum atomic E-state index is 11.5. The van der Waals surface area contributed by atoms with E-state index in [1.54, 1.807) is 0 Å². The summed E-state index contributed by atoms with van der Waals surface area (Å²) < 4.78 is 12.0. The van der Waals surface area contributed by atoms with Crippen molar-refractivity contribution in [3.8, 4) is 0 Å². The fourth-order valence-electron chi connectivity index (χ4n) is 9.63. The fraction of sp³-hybridized carbons (Fsp3) is 0.862. The van der Waals surface area contributed by atoms with E-state index in [1.807, 2.05) is 13.8 Å². The van der Waals surface area contributed by atoms with Gasteiger partial charge in [-0.05, 0) is 85.2 Å². The standard InChI is InChI=1S/C29H44O7/c1-14(2)29(34)24-23(36-28(29,5)33)21(25(32)35-24)22-20(31)13-19-17-7-6-15-12-16(30)8-10-26(15,3)18(17)9-11-27(19,22)4/h7,9,14-16,19-25,30-34H,6,8,10-13H2,1-5H3/t15?,16-,19?,20+,21-,22+,23+,24-,25+,26-,27-,28-,29-/m0/s1. The first-order valence-corrected chi connectivity index (χ1v) is 14.0. The van der Waals surface area contributed by atoms with Gasteiger partial charge in [0.1, 0.15) is 11.7 Å². The molecule has 0 aromatic rings. The van der Waals surface area contributed by atoms with Crippen LogP contribution < -0.4 is 0 Å². The van der Waals surface area contributed by atoms with Crippen LogP contribution in [0.2, 0.25) is 0 Å². The van der Waals surface area contributed by atoms with Gasteiger partial charge in [-0.2, -0.15) is 0 Å². The normalized spacial score (nSPS) is 58.1. The second-order valence-corrected chi connectivity index (χ2v) is 13.7. The topological polar surface area (TPSA) is 120 Å². The Hall–Kier alpha value is -0.800. The molecule has 5 N–H and O–H groups in total. The average molecular weight is 505 g/mol. The van der Waals surface area contributed by atoms with Crippen LogP contribution in [0.25, 0.3) is 0 Å². The van der Waals surface area contributed by atoms with Crippen LogP contribution in [0.5, 0.6) is 0 Å². The maximum absolute atomic E-state index is 11.5. The van der Waals surface area contributed by atoms with E-state index in [1.165, 1.54) is 18.1 Å². The van der Waals surface area contributed by atoms with Gasteiger partial charge in [-0.25, -0.2) is 0 Å². The molecule has 0 bridgehead atoms. The predicted octanol–water partition coefficient (Wildman–Crippen LogP) is 2.65. The van der Waals surface area contributed by atoms with Crippen LogP contribution >= 0.6 is 0 Å². The highest BCUT2D eigenvalue weighted by Gasteiger charge is 2.73. The van der Waals surface area contributed by atoms with E-state index in [4.69, 9.17) is 9.47 Å². The summed E-state index contributed by atoms with van der Waals surface area (Å²) in [5.74, 6) is -2.46. The van der Waals surface area contributed by atoms with Crippen LogP contribution in [0, 0.1) is 40.4 Å². The molecule has 36 heavy (non-hydrogen) atoms. The minimum Gasteiger partial charge on any atom is -0.393 e. The smallest absolute Gasteiger partial charge is 0.195 e. The minimum absolute atomic E-state index is 0.0514. The molecule has 4 aliphatic carbocycles. The largest absolute Gasteiger partial charge is 0.393 e. The van der Waals surface area contributed by atoms with Crippen molar-refractivity contribution >= 4 is 0 Å². The third kappa shape index (κ3) is 3.05. The highest BCUT2D eigenvalue weighted by molar-refractivity contribution is 5.47. The Morgan fingerprint density at radius 2 is 1.75 bits per heavy atom. The fourth-order valence-corrected chi connectivity index (χ4v) is 9.63. The zero-order valence-electron chi connectivity index (χ0n) is 22.2. The molecule has 0 spiro atoms. The number of rotatable bonds is 2. The van der Waals surface area contributed by atoms with E-state index in [0.717, 1.165) is 32.1 Å². The lowest BCUT2D eigenvalue weighted by Gasteiger charge is -2.53. The van der Waals surface area contributed by atoms with E-state index in [0.29, 0.717) is 12.3 Å². The summed E-state index contributed by atoms with van der Waals surface area (Å²) in [4.78, 5) is 0. The molecule has 4 fully saturated rings. The Kier molecular flexibility index (Phi) is 5.57. The molecule has 7 nitrogen and oxygen atoms in total. The highest BCUT2D eigenvalue weighted by Crippen LogP contribution is 2.67. The monoisotopic (exact) mass is 504 g/mol. The van der Waals surface area contributed by atoms with Crippen molar-refractivity contribution in [3.63, 3.8) is 0 Å². The van der Waals surface area contributed by atoms with Gasteiger partial charge < -0.3 is 35.0 Å². The number of ether oxygens (including phenoxy) is 2. The van der Waals surface area contributed by atoms with Crippen LogP contribution in [-0.2, 0) is 9.47 Å². The number of fused-ring (bicyclic) bond motifs is 6. The first-order chi connectivity index (χ1) is 16.8. The first-order valence-electron chi connectivity index (χ1n) is 14.0. The maximum Gasteiger partial charge on any atom is 0.195 e. The van der Waals surface area contributed by atoms with Crippen molar-refractivity contribution in [1.82, 2.24) is 0 Å². The van der Waals surface area contributed by atoms with Gasteiger partial charge in [-0.3, -0.25) is 0 Å². The van der Waals surface area contributed by atoms with Crippen molar-refractivity contribution in [2.75, 3.05) is 0 Å². The van der Waals surface area contributed by atoms with Gasteiger partial charge >= 0.3 is 0 Å². The van der Waals surface area contributed by atoms with Crippen molar-refractivity contribution in [2.45, 2.75) is 115 Å². The van der Waals surface area contributed by atoms with Crippen LogP contribution in [0.15, 0.2) is 23.3 Å². The summed E-state index contributed by atoms with van der Waals surface area (Å²) in [5.41, 5.74) is 0.803. The molecule has 13 atom stereocenters. The molecule has 202 valence electrons. The van der Waals surface area contributed by atoms with Crippen LogP contribution in [-0.4, -0.2) is 67.6 Å². The second-order valence-electron chi connectivity index (χ2n) is 13.7. The van der Waals surface area contributed by atoms with Crippen molar-refractivity contribution < 1.29 is 35.0 Å². The van der Waals surface area contributed by atoms with Gasteiger partial charge in [-0.15, -0.1) is 0 Å². The van der Waals surface area contributed by atoms with Gasteiger partial charge in [0.25, 0.3) is 0 Å². The molecule has 2 unspecified atom stereocenters. The van der Waals surface area contributed by atoms with Gasteiger partial charge in [-0.1, -0.05) is 39.8 Å². The SMILES string of the molecule is CC(C)[C@]1(O)[C@H]2O[C@@H](O)[C@@H]([C@H]3[C@H](O)CC4C5=CCC6C[C@@H](O)CC[C@]6(C)C5=CC[C@@]43C)[C@H]2O[C@]1(C)O. The molecule has 6 rings (SSSR count). The Labute approximate surface area is 214 Å². The summed E-state index contributed by atoms with van der Waals surface area (Å²) in [7, 11) is 0. The number of hydrogen-bond donors (Lipinski definition) is 5. The van der Waals surface area contributed by atoms with Crippen LogP contribution in [0.4, 0.5) is 0 Å². The zero-order valence-corrected chi connectivity index (χ0v) is 22.2. The minimum atomic E-state index is -1.82. The molecule has 0 aromatic carbocycles. The zero-order chi connectivity index (χ0) is 26.0. The Balaban J connectivity index is 1.35. The second kappa shape index (κ2) is 7.87. The van der Waals surface area contributed by atoms with Crippen molar-refractivity contribution in [2.24, 2.45) is 40.4 Å². The van der Waals surface area contributed by atoms with E-state index in [2.05, 4.69) is 26.0 Å². The molecule has 2 aliphatic heterocycles. The molecule has 0 radical (unpaired) electrons. The van der Waals surface area contributed by atoms with E-state index >= 15 is 0 Å². The number of aliphatic hydroxyl groups excluding tert-OH is 3. The van der Waals surface area contributed by atoms with Crippen LogP contribution in [0.3, 0.4) is 0 Å². The van der Waals surface area contributed by atoms with Crippen molar-refractivity contribution in [3.05, 3.63) is 23.3 Å². The first kappa shape index (κ1) is 25.5. The van der Waals surface area contributed by atoms with Gasteiger partial charge in [0.15, 0.2) is 12.1 Å². The lowest BCUT2D eigenvalue weighted by atomic mass is 9.51. The molecule has 2 heterocycles.